The molecule has 0 bridgehead atoms. The van der Waals surface area contributed by atoms with Crippen LogP contribution in [-0.2, 0) is 4.79 Å². The summed E-state index contributed by atoms with van der Waals surface area (Å²) in [6.45, 7) is 8.74. The molecule has 0 saturated heterocycles. The zero-order valence-electron chi connectivity index (χ0n) is 7.42. The van der Waals surface area contributed by atoms with Gasteiger partial charge in [0.15, 0.2) is 0 Å². The van der Waals surface area contributed by atoms with E-state index in [9.17, 15) is 4.79 Å². The number of amides is 1. The molecule has 66 valence electrons. The van der Waals surface area contributed by atoms with Gasteiger partial charge >= 0.3 is 0 Å². The van der Waals surface area contributed by atoms with Crippen molar-refractivity contribution in [1.82, 2.24) is 0 Å². The zero-order chi connectivity index (χ0) is 9.40. The number of carbonyl (C=O) groups is 1. The summed E-state index contributed by atoms with van der Waals surface area (Å²) in [6, 6.07) is 0. The summed E-state index contributed by atoms with van der Waals surface area (Å²) >= 11 is 0. The van der Waals surface area contributed by atoms with Crippen LogP contribution in [0.3, 0.4) is 0 Å². The molecule has 0 aromatic rings. The van der Waals surface area contributed by atoms with E-state index in [1.54, 1.807) is 13.0 Å². The predicted octanol–water partition coefficient (Wildman–Crippen LogP) is 2.86. The van der Waals surface area contributed by atoms with Crippen molar-refractivity contribution in [2.75, 3.05) is 0 Å². The summed E-state index contributed by atoms with van der Waals surface area (Å²) in [5.41, 5.74) is 0.548. The van der Waals surface area contributed by atoms with Crippen molar-refractivity contribution in [2.24, 2.45) is 10.2 Å². The number of allylic oxidation sites excluding steroid dienone is 2. The van der Waals surface area contributed by atoms with Gasteiger partial charge in [0, 0.05) is 6.42 Å². The Hall–Kier alpha value is -1.25. The van der Waals surface area contributed by atoms with Crippen molar-refractivity contribution in [3.8, 4) is 0 Å². The van der Waals surface area contributed by atoms with E-state index >= 15 is 0 Å². The van der Waals surface area contributed by atoms with Crippen LogP contribution in [0.2, 0.25) is 0 Å². The van der Waals surface area contributed by atoms with Gasteiger partial charge in [0.2, 0.25) is 0 Å². The Morgan fingerprint density at radius 2 is 2.17 bits per heavy atom. The molecule has 0 aliphatic heterocycles. The minimum Gasteiger partial charge on any atom is -0.271 e. The fourth-order valence-corrected chi connectivity index (χ4v) is 0.589. The van der Waals surface area contributed by atoms with Crippen LogP contribution in [0, 0.1) is 0 Å². The van der Waals surface area contributed by atoms with Crippen molar-refractivity contribution < 1.29 is 4.79 Å². The Morgan fingerprint density at radius 3 is 2.67 bits per heavy atom. The molecule has 0 saturated carbocycles. The maximum atomic E-state index is 10.9. The van der Waals surface area contributed by atoms with Crippen LogP contribution >= 0.6 is 0 Å². The standard InChI is InChI=1S/C9H14N2O/c1-4-5-6-7-9(12)11-10-8(2)3/h4H,1-2,5-7H2,3H3. The van der Waals surface area contributed by atoms with E-state index in [1.807, 2.05) is 0 Å². The van der Waals surface area contributed by atoms with E-state index < -0.39 is 0 Å². The van der Waals surface area contributed by atoms with Gasteiger partial charge in [0.25, 0.3) is 5.91 Å². The first-order chi connectivity index (χ1) is 5.66. The lowest BCUT2D eigenvalue weighted by molar-refractivity contribution is -0.118. The number of azo groups is 1. The van der Waals surface area contributed by atoms with Crippen molar-refractivity contribution in [1.29, 1.82) is 0 Å². The summed E-state index contributed by atoms with van der Waals surface area (Å²) in [5, 5.41) is 7.01. The Bertz CT molecular complexity index is 207. The van der Waals surface area contributed by atoms with Gasteiger partial charge in [-0.3, -0.25) is 4.79 Å². The molecule has 0 spiro atoms. The fourth-order valence-electron chi connectivity index (χ4n) is 0.589. The van der Waals surface area contributed by atoms with E-state index in [4.69, 9.17) is 0 Å². The first-order valence-electron chi connectivity index (χ1n) is 3.87. The van der Waals surface area contributed by atoms with Gasteiger partial charge in [-0.1, -0.05) is 12.7 Å². The minimum absolute atomic E-state index is 0.195. The molecule has 0 N–H and O–H groups in total. The molecule has 0 rings (SSSR count). The van der Waals surface area contributed by atoms with Crippen LogP contribution < -0.4 is 0 Å². The first kappa shape index (κ1) is 10.8. The molecule has 0 aromatic carbocycles. The highest BCUT2D eigenvalue weighted by atomic mass is 16.1. The topological polar surface area (TPSA) is 41.8 Å². The summed E-state index contributed by atoms with van der Waals surface area (Å²) in [4.78, 5) is 10.9. The molecule has 0 unspecified atom stereocenters. The predicted molar refractivity (Wildman–Crippen MR) is 48.7 cm³/mol. The molecular weight excluding hydrogens is 152 g/mol. The van der Waals surface area contributed by atoms with Gasteiger partial charge in [0.1, 0.15) is 0 Å². The number of unbranched alkanes of at least 4 members (excludes halogenated alkanes) is 1. The molecule has 3 nitrogen and oxygen atoms in total. The summed E-state index contributed by atoms with van der Waals surface area (Å²) in [7, 11) is 0. The minimum atomic E-state index is -0.195. The lowest BCUT2D eigenvalue weighted by Crippen LogP contribution is -1.90. The van der Waals surface area contributed by atoms with Crippen molar-refractivity contribution in [3.63, 3.8) is 0 Å². The third kappa shape index (κ3) is 6.86. The highest BCUT2D eigenvalue weighted by Gasteiger charge is 1.96. The highest BCUT2D eigenvalue weighted by molar-refractivity contribution is 5.76. The van der Waals surface area contributed by atoms with E-state index in [0.717, 1.165) is 12.8 Å². The summed E-state index contributed by atoms with van der Waals surface area (Å²) in [5.74, 6) is -0.195. The number of carbonyl (C=O) groups excluding carboxylic acids is 1. The van der Waals surface area contributed by atoms with E-state index in [2.05, 4.69) is 23.4 Å². The van der Waals surface area contributed by atoms with Crippen LogP contribution in [0.25, 0.3) is 0 Å². The zero-order valence-corrected chi connectivity index (χ0v) is 7.42. The molecule has 0 aliphatic rings. The third-order valence-corrected chi connectivity index (χ3v) is 1.13. The average molecular weight is 166 g/mol. The highest BCUT2D eigenvalue weighted by Crippen LogP contribution is 1.99. The number of hydrogen-bond donors (Lipinski definition) is 0. The molecule has 0 aromatic heterocycles. The lowest BCUT2D eigenvalue weighted by atomic mass is 10.2. The van der Waals surface area contributed by atoms with Crippen LogP contribution in [-0.4, -0.2) is 5.91 Å². The smallest absolute Gasteiger partial charge is 0.264 e. The Labute approximate surface area is 72.9 Å². The monoisotopic (exact) mass is 166 g/mol. The van der Waals surface area contributed by atoms with E-state index in [-0.39, 0.29) is 5.91 Å². The maximum Gasteiger partial charge on any atom is 0.264 e. The SMILES string of the molecule is C=CCCCC(=O)N=NC(=C)C. The van der Waals surface area contributed by atoms with Gasteiger partial charge in [-0.05, 0) is 19.8 Å². The molecule has 0 radical (unpaired) electrons. The van der Waals surface area contributed by atoms with Crippen molar-refractivity contribution in [2.45, 2.75) is 26.2 Å². The summed E-state index contributed by atoms with van der Waals surface area (Å²) < 4.78 is 0. The fraction of sp³-hybridized carbons (Fsp3) is 0.444. The van der Waals surface area contributed by atoms with Gasteiger partial charge < -0.3 is 0 Å². The van der Waals surface area contributed by atoms with Crippen LogP contribution in [0.15, 0.2) is 35.2 Å². The Kier molecular flexibility index (Phi) is 5.79. The molecule has 3 heteroatoms. The van der Waals surface area contributed by atoms with E-state index in [0.29, 0.717) is 12.1 Å². The van der Waals surface area contributed by atoms with Crippen LogP contribution in [0.4, 0.5) is 0 Å². The Morgan fingerprint density at radius 1 is 1.50 bits per heavy atom. The van der Waals surface area contributed by atoms with Crippen LogP contribution in [0.1, 0.15) is 26.2 Å². The molecule has 12 heavy (non-hydrogen) atoms. The number of nitrogens with zero attached hydrogens (tertiary/aromatic N) is 2. The van der Waals surface area contributed by atoms with Crippen molar-refractivity contribution in [3.05, 3.63) is 24.9 Å². The lowest BCUT2D eigenvalue weighted by Gasteiger charge is -1.90. The Balaban J connectivity index is 3.59. The first-order valence-corrected chi connectivity index (χ1v) is 3.87. The molecule has 0 fully saturated rings. The number of hydrogen-bond acceptors (Lipinski definition) is 2. The maximum absolute atomic E-state index is 10.9. The molecular formula is C9H14N2O. The largest absolute Gasteiger partial charge is 0.271 e. The van der Waals surface area contributed by atoms with E-state index in [1.165, 1.54) is 0 Å². The second-order valence-electron chi connectivity index (χ2n) is 2.51. The molecule has 0 aliphatic carbocycles. The third-order valence-electron chi connectivity index (χ3n) is 1.13. The second-order valence-corrected chi connectivity index (χ2v) is 2.51. The molecule has 0 atom stereocenters. The quantitative estimate of drug-likeness (QED) is 0.351. The van der Waals surface area contributed by atoms with Gasteiger partial charge in [-0.25, -0.2) is 0 Å². The van der Waals surface area contributed by atoms with Gasteiger partial charge in [-0.2, -0.15) is 5.11 Å². The second kappa shape index (κ2) is 6.46. The molecule has 1 amide bonds. The summed E-state index contributed by atoms with van der Waals surface area (Å²) in [6.07, 6.45) is 3.85. The molecule has 0 heterocycles. The average Bonchev–Trinajstić information content (AvgIpc) is 2.01. The normalized spacial score (nSPS) is 10.1. The van der Waals surface area contributed by atoms with Crippen LogP contribution in [0.5, 0.6) is 0 Å². The van der Waals surface area contributed by atoms with Gasteiger partial charge in [-0.15, -0.1) is 11.7 Å². The number of rotatable bonds is 5. The van der Waals surface area contributed by atoms with Crippen molar-refractivity contribution >= 4 is 5.91 Å². The van der Waals surface area contributed by atoms with Gasteiger partial charge in [0.05, 0.1) is 5.70 Å².